The van der Waals surface area contributed by atoms with Gasteiger partial charge < -0.3 is 14.8 Å². The minimum Gasteiger partial charge on any atom is -0.494 e. The molecule has 170 valence electrons. The summed E-state index contributed by atoms with van der Waals surface area (Å²) in [5.41, 5.74) is 4.82. The van der Waals surface area contributed by atoms with Gasteiger partial charge in [0.2, 0.25) is 5.88 Å². The van der Waals surface area contributed by atoms with E-state index in [4.69, 9.17) is 4.74 Å². The van der Waals surface area contributed by atoms with Gasteiger partial charge in [0.15, 0.2) is 0 Å². The molecule has 6 nitrogen and oxygen atoms in total. The van der Waals surface area contributed by atoms with E-state index in [-0.39, 0.29) is 23.7 Å². The van der Waals surface area contributed by atoms with Gasteiger partial charge in [0, 0.05) is 29.1 Å². The van der Waals surface area contributed by atoms with Crippen molar-refractivity contribution in [1.82, 2.24) is 14.1 Å². The van der Waals surface area contributed by atoms with Crippen molar-refractivity contribution < 1.29 is 9.84 Å². The molecule has 33 heavy (non-hydrogen) atoms. The van der Waals surface area contributed by atoms with Gasteiger partial charge in [-0.3, -0.25) is 9.13 Å². The molecule has 0 amide bonds. The monoisotopic (exact) mass is 443 g/mol. The van der Waals surface area contributed by atoms with Crippen LogP contribution in [0.4, 0.5) is 0 Å². The topological polar surface area (TPSA) is 72.2 Å². The minimum absolute atomic E-state index is 0.0698. The van der Waals surface area contributed by atoms with E-state index < -0.39 is 0 Å². The highest BCUT2D eigenvalue weighted by molar-refractivity contribution is 5.86. The number of benzene rings is 2. The molecular formula is C27H29N3O3. The zero-order valence-corrected chi connectivity index (χ0v) is 18.9. The average molecular weight is 444 g/mol. The van der Waals surface area contributed by atoms with Gasteiger partial charge in [-0.15, -0.1) is 0 Å². The second-order valence-corrected chi connectivity index (χ2v) is 9.23. The highest BCUT2D eigenvalue weighted by Crippen LogP contribution is 2.42. The Labute approximate surface area is 192 Å². The van der Waals surface area contributed by atoms with Crippen LogP contribution in [0.2, 0.25) is 0 Å². The number of H-pyrrole nitrogens is 1. The highest BCUT2D eigenvalue weighted by Gasteiger charge is 2.36. The SMILES string of the molecule is CCOc1ccc([C@H]2c3[nH]c4ccccc4c3Cc3c(O)n(C4CCCCC4)c(=O)n32)cc1. The molecule has 3 heterocycles. The van der Waals surface area contributed by atoms with Crippen molar-refractivity contribution in [2.45, 2.75) is 57.5 Å². The van der Waals surface area contributed by atoms with Crippen molar-refractivity contribution >= 4 is 10.9 Å². The van der Waals surface area contributed by atoms with Crippen LogP contribution < -0.4 is 10.4 Å². The summed E-state index contributed by atoms with van der Waals surface area (Å²) < 4.78 is 9.13. The maximum atomic E-state index is 13.8. The van der Waals surface area contributed by atoms with Crippen LogP contribution in [0.15, 0.2) is 53.3 Å². The van der Waals surface area contributed by atoms with E-state index in [9.17, 15) is 9.90 Å². The Morgan fingerprint density at radius 3 is 2.55 bits per heavy atom. The van der Waals surface area contributed by atoms with Gasteiger partial charge in [-0.25, -0.2) is 4.79 Å². The van der Waals surface area contributed by atoms with Gasteiger partial charge in [-0.05, 0) is 49.1 Å². The Morgan fingerprint density at radius 1 is 1.03 bits per heavy atom. The Balaban J connectivity index is 1.57. The molecule has 1 fully saturated rings. The van der Waals surface area contributed by atoms with Crippen LogP contribution in [-0.4, -0.2) is 25.8 Å². The Morgan fingerprint density at radius 2 is 1.79 bits per heavy atom. The summed E-state index contributed by atoms with van der Waals surface area (Å²) in [6.07, 6.45) is 5.82. The van der Waals surface area contributed by atoms with Crippen LogP contribution >= 0.6 is 0 Å². The van der Waals surface area contributed by atoms with Crippen LogP contribution in [0.5, 0.6) is 11.6 Å². The van der Waals surface area contributed by atoms with Gasteiger partial charge in [0.1, 0.15) is 11.8 Å². The van der Waals surface area contributed by atoms with Crippen molar-refractivity contribution in [2.75, 3.05) is 6.61 Å². The number of nitrogens with zero attached hydrogens (tertiary/aromatic N) is 2. The Kier molecular flexibility index (Phi) is 4.82. The zero-order chi connectivity index (χ0) is 22.5. The fraction of sp³-hybridized carbons (Fsp3) is 0.370. The number of hydrogen-bond donors (Lipinski definition) is 2. The molecule has 6 rings (SSSR count). The normalized spacial score (nSPS) is 18.3. The summed E-state index contributed by atoms with van der Waals surface area (Å²) in [4.78, 5) is 17.4. The lowest BCUT2D eigenvalue weighted by Crippen LogP contribution is -2.34. The third-order valence-electron chi connectivity index (χ3n) is 7.36. The third kappa shape index (κ3) is 3.11. The van der Waals surface area contributed by atoms with E-state index in [1.165, 1.54) is 6.42 Å². The first-order valence-corrected chi connectivity index (χ1v) is 12.0. The van der Waals surface area contributed by atoms with Crippen molar-refractivity contribution in [1.29, 1.82) is 0 Å². The van der Waals surface area contributed by atoms with E-state index in [2.05, 4.69) is 17.1 Å². The number of ether oxygens (including phenoxy) is 1. The first kappa shape index (κ1) is 20.2. The van der Waals surface area contributed by atoms with E-state index in [1.807, 2.05) is 47.9 Å². The molecule has 6 heteroatoms. The maximum absolute atomic E-state index is 13.8. The molecule has 0 unspecified atom stereocenters. The van der Waals surface area contributed by atoms with E-state index >= 15 is 0 Å². The van der Waals surface area contributed by atoms with Crippen LogP contribution in [0, 0.1) is 0 Å². The quantitative estimate of drug-likeness (QED) is 0.397. The molecule has 0 spiro atoms. The summed E-state index contributed by atoms with van der Waals surface area (Å²) in [5.74, 6) is 0.947. The summed E-state index contributed by atoms with van der Waals surface area (Å²) in [6, 6.07) is 16.0. The van der Waals surface area contributed by atoms with Gasteiger partial charge >= 0.3 is 5.69 Å². The summed E-state index contributed by atoms with van der Waals surface area (Å²) in [6.45, 7) is 2.57. The molecule has 0 saturated heterocycles. The van der Waals surface area contributed by atoms with Crippen LogP contribution in [0.3, 0.4) is 0 Å². The number of aromatic hydroxyl groups is 1. The maximum Gasteiger partial charge on any atom is 0.332 e. The lowest BCUT2D eigenvalue weighted by Gasteiger charge is -2.26. The molecule has 0 radical (unpaired) electrons. The van der Waals surface area contributed by atoms with Crippen LogP contribution in [0.1, 0.15) is 73.6 Å². The number of hydrogen-bond acceptors (Lipinski definition) is 3. The first-order chi connectivity index (χ1) is 16.2. The van der Waals surface area contributed by atoms with Crippen molar-refractivity contribution in [2.24, 2.45) is 0 Å². The largest absolute Gasteiger partial charge is 0.494 e. The number of rotatable bonds is 4. The molecule has 2 N–H and O–H groups in total. The number of aromatic amines is 1. The lowest BCUT2D eigenvalue weighted by molar-refractivity contribution is 0.306. The molecule has 0 bridgehead atoms. The predicted molar refractivity (Wildman–Crippen MR) is 128 cm³/mol. The smallest absolute Gasteiger partial charge is 0.332 e. The van der Waals surface area contributed by atoms with E-state index in [0.29, 0.717) is 18.7 Å². The standard InChI is InChI=1S/C27H29N3O3/c1-2-33-19-14-12-17(13-15-19)25-24-21(20-10-6-7-11-22(20)28-24)16-23-26(31)29(27(32)30(23)25)18-8-4-3-5-9-18/h6-7,10-15,18,25,28,31H,2-5,8-9,16H2,1H3/t25-/m0/s1. The summed E-state index contributed by atoms with van der Waals surface area (Å²) >= 11 is 0. The second-order valence-electron chi connectivity index (χ2n) is 9.23. The molecule has 2 aromatic carbocycles. The molecule has 1 aliphatic heterocycles. The molecule has 2 aliphatic rings. The fourth-order valence-electron chi connectivity index (χ4n) is 5.84. The van der Waals surface area contributed by atoms with Gasteiger partial charge in [0.25, 0.3) is 0 Å². The molecular weight excluding hydrogens is 414 g/mol. The van der Waals surface area contributed by atoms with E-state index in [1.54, 1.807) is 4.57 Å². The van der Waals surface area contributed by atoms with Crippen molar-refractivity contribution in [3.05, 3.63) is 81.5 Å². The lowest BCUT2D eigenvalue weighted by atomic mass is 9.93. The fourth-order valence-corrected chi connectivity index (χ4v) is 5.84. The number of fused-ring (bicyclic) bond motifs is 4. The number of para-hydroxylation sites is 1. The van der Waals surface area contributed by atoms with Crippen molar-refractivity contribution in [3.63, 3.8) is 0 Å². The first-order valence-electron chi connectivity index (χ1n) is 12.0. The molecule has 1 atom stereocenters. The number of imidazole rings is 1. The van der Waals surface area contributed by atoms with Gasteiger partial charge in [0.05, 0.1) is 12.3 Å². The number of nitrogens with one attached hydrogen (secondary N) is 1. The van der Waals surface area contributed by atoms with Crippen LogP contribution in [-0.2, 0) is 6.42 Å². The highest BCUT2D eigenvalue weighted by atomic mass is 16.5. The predicted octanol–water partition coefficient (Wildman–Crippen LogP) is 5.28. The number of aromatic nitrogens is 3. The minimum atomic E-state index is -0.324. The van der Waals surface area contributed by atoms with Gasteiger partial charge in [-0.2, -0.15) is 0 Å². The Bertz CT molecular complexity index is 1370. The zero-order valence-electron chi connectivity index (χ0n) is 18.9. The summed E-state index contributed by atoms with van der Waals surface area (Å²) in [7, 11) is 0. The second kappa shape index (κ2) is 7.87. The molecule has 1 saturated carbocycles. The third-order valence-corrected chi connectivity index (χ3v) is 7.36. The summed E-state index contributed by atoms with van der Waals surface area (Å²) in [5, 5.41) is 12.5. The van der Waals surface area contributed by atoms with Crippen molar-refractivity contribution in [3.8, 4) is 11.6 Å². The molecule has 2 aromatic heterocycles. The van der Waals surface area contributed by atoms with E-state index in [0.717, 1.165) is 59.2 Å². The Hall–Kier alpha value is -3.41. The average Bonchev–Trinajstić information content (AvgIpc) is 3.34. The molecule has 4 aromatic rings. The molecule has 1 aliphatic carbocycles. The van der Waals surface area contributed by atoms with Gasteiger partial charge in [-0.1, -0.05) is 49.6 Å². The van der Waals surface area contributed by atoms with Crippen LogP contribution in [0.25, 0.3) is 10.9 Å².